The first-order chi connectivity index (χ1) is 56.9. The van der Waals surface area contributed by atoms with E-state index in [9.17, 15) is 53.3 Å². The average molecular weight is 1680 g/mol. The second-order valence-electron chi connectivity index (χ2n) is 34.8. The van der Waals surface area contributed by atoms with Crippen LogP contribution in [0.3, 0.4) is 0 Å². The fourth-order valence-corrected chi connectivity index (χ4v) is 16.7. The predicted octanol–water partition coefficient (Wildman–Crippen LogP) is 25.4. The molecule has 0 radical (unpaired) electrons. The maximum absolute atomic E-state index is 14.9. The Hall–Kier alpha value is -3.23. The van der Waals surface area contributed by atoms with Crippen LogP contribution >= 0.6 is 7.82 Å². The van der Waals surface area contributed by atoms with E-state index in [0.29, 0.717) is 83.6 Å². The van der Waals surface area contributed by atoms with Crippen molar-refractivity contribution in [1.82, 2.24) is 10.6 Å². The van der Waals surface area contributed by atoms with Crippen molar-refractivity contribution in [1.29, 1.82) is 0 Å². The molecule has 1 saturated heterocycles. The zero-order valence-electron chi connectivity index (χ0n) is 76.2. The number of unbranched alkanes of at least 4 members (excludes halogenated alkanes) is 57. The zero-order chi connectivity index (χ0) is 85.6. The summed E-state index contributed by atoms with van der Waals surface area (Å²) in [6, 6.07) is 0. The first-order valence-electron chi connectivity index (χ1n) is 49.6. The number of phosphoric acid groups is 1. The summed E-state index contributed by atoms with van der Waals surface area (Å²) in [5, 5.41) is 29.9. The highest BCUT2D eigenvalue weighted by molar-refractivity contribution is 7.46. The van der Waals surface area contributed by atoms with Gasteiger partial charge in [0.1, 0.15) is 30.5 Å². The van der Waals surface area contributed by atoms with Crippen LogP contribution in [0.15, 0.2) is 0 Å². The molecule has 1 fully saturated rings. The van der Waals surface area contributed by atoms with E-state index in [1.807, 2.05) is 0 Å². The molecule has 0 aromatic rings. The highest BCUT2D eigenvalue weighted by atomic mass is 31.2. The van der Waals surface area contributed by atoms with E-state index in [0.717, 1.165) is 167 Å². The number of phosphoric ester groups is 1. The van der Waals surface area contributed by atoms with Crippen LogP contribution in [0.5, 0.6) is 0 Å². The highest BCUT2D eigenvalue weighted by Crippen LogP contribution is 2.44. The molecule has 0 saturated carbocycles. The molecule has 6 N–H and O–H groups in total. The summed E-state index contributed by atoms with van der Waals surface area (Å²) in [6.45, 7) is 12.6. The third kappa shape index (κ3) is 66.9. The van der Waals surface area contributed by atoms with Crippen LogP contribution < -0.4 is 10.6 Å². The topological polar surface area (TPSA) is 289 Å². The van der Waals surface area contributed by atoms with Crippen LogP contribution in [-0.2, 0) is 66.3 Å². The number of aliphatic hydroxyl groups excluding tert-OH is 1. The Morgan fingerprint density at radius 1 is 0.359 bits per heavy atom. The molecule has 0 bridgehead atoms. The Balaban J connectivity index is 3.57. The second kappa shape index (κ2) is 79.9. The van der Waals surface area contributed by atoms with E-state index in [-0.39, 0.29) is 37.7 Å². The van der Waals surface area contributed by atoms with Crippen LogP contribution in [0.25, 0.3) is 0 Å². The molecule has 1 heterocycles. The number of nitrogens with one attached hydrogen (secondary N) is 2. The lowest BCUT2D eigenvalue weighted by molar-refractivity contribution is -0.347. The largest absolute Gasteiger partial charge is 0.470 e. The van der Waals surface area contributed by atoms with Gasteiger partial charge in [-0.05, 0) is 70.6 Å². The smallest absolute Gasteiger partial charge is 0.462 e. The van der Waals surface area contributed by atoms with Gasteiger partial charge in [0.15, 0.2) is 6.10 Å². The van der Waals surface area contributed by atoms with Gasteiger partial charge in [-0.25, -0.2) is 4.57 Å². The van der Waals surface area contributed by atoms with E-state index in [4.69, 9.17) is 32.9 Å². The lowest BCUT2D eigenvalue weighted by Crippen LogP contribution is -2.75. The minimum absolute atomic E-state index is 0.0817. The molecule has 21 heteroatoms. The summed E-state index contributed by atoms with van der Waals surface area (Å²) < 4.78 is 55.2. The summed E-state index contributed by atoms with van der Waals surface area (Å²) in [5.41, 5.74) is -2.98. The molecule has 0 aliphatic carbocycles. The summed E-state index contributed by atoms with van der Waals surface area (Å²) in [6.07, 6.45) is 59.1. The van der Waals surface area contributed by atoms with Crippen LogP contribution in [0, 0.1) is 0 Å². The average Bonchev–Trinajstić information content (AvgIpc) is 0.749. The molecule has 20 nitrogen and oxygen atoms in total. The van der Waals surface area contributed by atoms with Gasteiger partial charge in [0.25, 0.3) is 0 Å². The predicted molar refractivity (Wildman–Crippen MR) is 475 cm³/mol. The molecule has 1 rings (SSSR count). The summed E-state index contributed by atoms with van der Waals surface area (Å²) in [5.74, 6) is -3.30. The first kappa shape index (κ1) is 112. The van der Waals surface area contributed by atoms with Crippen LogP contribution in [0.2, 0.25) is 0 Å². The molecular formula is C96H183N2O18P. The number of hydrogen-bond donors (Lipinski definition) is 6. The normalized spacial score (nSPS) is 17.0. The Morgan fingerprint density at radius 3 is 0.940 bits per heavy atom. The number of amides is 2. The number of carbonyl (C=O) groups is 6. The van der Waals surface area contributed by atoms with Gasteiger partial charge in [-0.1, -0.05) is 401 Å². The molecule has 8 atom stereocenters. The molecule has 0 aromatic heterocycles. The second-order valence-corrected chi connectivity index (χ2v) is 36.0. The van der Waals surface area contributed by atoms with Crippen molar-refractivity contribution in [2.45, 2.75) is 559 Å². The van der Waals surface area contributed by atoms with Crippen molar-refractivity contribution in [2.24, 2.45) is 0 Å². The summed E-state index contributed by atoms with van der Waals surface area (Å²) in [7, 11) is -5.58. The van der Waals surface area contributed by atoms with Crippen molar-refractivity contribution >= 4 is 43.5 Å². The van der Waals surface area contributed by atoms with E-state index < -0.39 is 99.7 Å². The van der Waals surface area contributed by atoms with Gasteiger partial charge in [0.05, 0.1) is 25.9 Å². The third-order valence-corrected chi connectivity index (χ3v) is 23.9. The SMILES string of the molecule is CCCCCCCCCCCCCC(=O)O[C@H](CCCCCCCCCCC)CC(=O)NCCCCCCO[C@@H]1O[C@H](CO)[C@@H](OP(=O)(O)O)[C@H](OC(=O)C[C@@H](CCCCCCCCCCC)OC(=O)CCCCCCCCCCCCC)[C@]1(O)NC(=O)C[C@@H](CCCCCCCCCCC)OC(=O)CCCCCCCCCCCCC. The number of ether oxygens (including phenoxy) is 6. The summed E-state index contributed by atoms with van der Waals surface area (Å²) >= 11 is 0. The van der Waals surface area contributed by atoms with Gasteiger partial charge in [-0.2, -0.15) is 0 Å². The number of aliphatic hydroxyl groups is 2. The van der Waals surface area contributed by atoms with E-state index in [1.165, 1.54) is 193 Å². The lowest BCUT2D eigenvalue weighted by Gasteiger charge is -2.50. The fraction of sp³-hybridized carbons (Fsp3) is 0.938. The zero-order valence-corrected chi connectivity index (χ0v) is 77.1. The molecule has 0 unspecified atom stereocenters. The van der Waals surface area contributed by atoms with Crippen molar-refractivity contribution in [3.8, 4) is 0 Å². The van der Waals surface area contributed by atoms with E-state index >= 15 is 0 Å². The van der Waals surface area contributed by atoms with Gasteiger partial charge in [0.2, 0.25) is 23.8 Å². The van der Waals surface area contributed by atoms with Crippen LogP contribution in [0.4, 0.5) is 0 Å². The van der Waals surface area contributed by atoms with Gasteiger partial charge in [-0.3, -0.25) is 33.3 Å². The molecule has 2 amide bonds. The third-order valence-electron chi connectivity index (χ3n) is 23.4. The van der Waals surface area contributed by atoms with Gasteiger partial charge in [-0.15, -0.1) is 0 Å². The number of hydrogen-bond acceptors (Lipinski definition) is 16. The quantitative estimate of drug-likeness (QED) is 0.0108. The maximum Gasteiger partial charge on any atom is 0.470 e. The monoisotopic (exact) mass is 1680 g/mol. The Kier molecular flexibility index (Phi) is 76.4. The Bertz CT molecular complexity index is 2370. The van der Waals surface area contributed by atoms with Gasteiger partial charge >= 0.3 is 31.7 Å². The molecule has 1 aliphatic rings. The fourth-order valence-electron chi connectivity index (χ4n) is 16.1. The summed E-state index contributed by atoms with van der Waals surface area (Å²) in [4.78, 5) is 105. The number of esters is 4. The van der Waals surface area contributed by atoms with E-state index in [1.54, 1.807) is 0 Å². The van der Waals surface area contributed by atoms with Crippen LogP contribution in [0.1, 0.15) is 510 Å². The Labute approximate surface area is 715 Å². The van der Waals surface area contributed by atoms with Crippen molar-refractivity contribution < 1.29 is 86.3 Å². The van der Waals surface area contributed by atoms with E-state index in [2.05, 4.69) is 52.2 Å². The number of rotatable bonds is 88. The molecule has 0 aromatic carbocycles. The minimum atomic E-state index is -5.58. The van der Waals surface area contributed by atoms with Crippen molar-refractivity contribution in [2.75, 3.05) is 19.8 Å². The highest BCUT2D eigenvalue weighted by Gasteiger charge is 2.61. The minimum Gasteiger partial charge on any atom is -0.462 e. The molecule has 1 aliphatic heterocycles. The lowest BCUT2D eigenvalue weighted by atomic mass is 9.92. The maximum atomic E-state index is 14.9. The standard InChI is InChI=1S/C96H183N2O18P/c1-7-13-19-25-31-37-40-46-52-58-66-74-89(102)111-83(71-63-55-49-43-34-28-22-16-10-4)79-87(100)97-77-69-61-62-70-78-110-95-96(106,98-88(101)80-84(72-64-56-50-44-35-29-23-17-11-5)112-90(103)75-67-59-53-47-41-38-32-26-20-14-8-2)94(93(86(82-99)114-95)116-117(107,108)109)115-92(105)81-85(73-65-57-51-45-36-30-24-18-12-6)113-91(104)76-68-60-54-48-42-39-33-27-21-15-9-3/h83-86,93-95,99,106H,7-82H2,1-6H3,(H,97,100)(H,98,101)(H2,107,108,109)/t83-,84-,85-,86-,93-,94+,95-,96-/m1/s1. The Morgan fingerprint density at radius 2 is 0.632 bits per heavy atom. The number of carbonyl (C=O) groups excluding carboxylic acids is 6. The van der Waals surface area contributed by atoms with Gasteiger partial charge < -0.3 is 59.1 Å². The van der Waals surface area contributed by atoms with Crippen molar-refractivity contribution in [3.05, 3.63) is 0 Å². The molecular weight excluding hydrogens is 1500 g/mol. The van der Waals surface area contributed by atoms with Crippen LogP contribution in [-0.4, -0.2) is 124 Å². The molecule has 690 valence electrons. The molecule has 0 spiro atoms. The first-order valence-corrected chi connectivity index (χ1v) is 51.1. The molecule has 117 heavy (non-hydrogen) atoms. The van der Waals surface area contributed by atoms with Gasteiger partial charge in [0, 0.05) is 32.4 Å². The van der Waals surface area contributed by atoms with Crippen molar-refractivity contribution in [3.63, 3.8) is 0 Å².